The number of benzene rings is 1. The summed E-state index contributed by atoms with van der Waals surface area (Å²) in [7, 11) is 0. The van der Waals surface area contributed by atoms with Gasteiger partial charge in [-0.05, 0) is 55.7 Å². The van der Waals surface area contributed by atoms with Crippen molar-refractivity contribution in [1.82, 2.24) is 5.32 Å². The maximum absolute atomic E-state index is 12.8. The molecule has 1 saturated carbocycles. The van der Waals surface area contributed by atoms with E-state index in [1.807, 2.05) is 12.1 Å². The number of Topliss-reactive ketones (excluding diaryl/α,β-unsaturated/α-hetero) is 1. The molecule has 0 aliphatic heterocycles. The highest BCUT2D eigenvalue weighted by atomic mass is 19.4. The van der Waals surface area contributed by atoms with E-state index in [1.54, 1.807) is 6.07 Å². The lowest BCUT2D eigenvalue weighted by molar-refractivity contribution is -0.184. The highest BCUT2D eigenvalue weighted by Crippen LogP contribution is 2.37. The second-order valence-corrected chi connectivity index (χ2v) is 7.43. The zero-order chi connectivity index (χ0) is 18.7. The molecule has 26 heavy (non-hydrogen) atoms. The third-order valence-electron chi connectivity index (χ3n) is 5.50. The monoisotopic (exact) mass is 367 g/mol. The predicted octanol–water partition coefficient (Wildman–Crippen LogP) is 4.38. The van der Waals surface area contributed by atoms with Gasteiger partial charge in [-0.1, -0.05) is 18.6 Å². The average molecular weight is 367 g/mol. The normalized spacial score (nSPS) is 22.7. The molecule has 0 heterocycles. The van der Waals surface area contributed by atoms with Gasteiger partial charge in [0.1, 0.15) is 0 Å². The van der Waals surface area contributed by atoms with Gasteiger partial charge in [-0.25, -0.2) is 0 Å². The SMILES string of the molecule is O=C(CCC(=O)c1ccc2c(c1)CCC2)NC1CCCC(C(F)(F)F)C1. The van der Waals surface area contributed by atoms with Crippen molar-refractivity contribution in [3.05, 3.63) is 34.9 Å². The molecule has 1 N–H and O–H groups in total. The maximum Gasteiger partial charge on any atom is 0.391 e. The molecule has 6 heteroatoms. The fourth-order valence-electron chi connectivity index (χ4n) is 4.03. The van der Waals surface area contributed by atoms with Crippen molar-refractivity contribution in [2.24, 2.45) is 5.92 Å². The minimum absolute atomic E-state index is 0.0170. The van der Waals surface area contributed by atoms with Crippen molar-refractivity contribution in [2.45, 2.75) is 70.0 Å². The summed E-state index contributed by atoms with van der Waals surface area (Å²) >= 11 is 0. The number of fused-ring (bicyclic) bond motifs is 1. The minimum Gasteiger partial charge on any atom is -0.353 e. The van der Waals surface area contributed by atoms with Crippen LogP contribution in [0.5, 0.6) is 0 Å². The summed E-state index contributed by atoms with van der Waals surface area (Å²) in [5.41, 5.74) is 3.12. The summed E-state index contributed by atoms with van der Waals surface area (Å²) in [6, 6.07) is 5.25. The van der Waals surface area contributed by atoms with Crippen molar-refractivity contribution >= 4 is 11.7 Å². The first kappa shape index (κ1) is 18.9. The minimum atomic E-state index is -4.20. The van der Waals surface area contributed by atoms with Crippen LogP contribution in [-0.2, 0) is 17.6 Å². The van der Waals surface area contributed by atoms with E-state index in [0.29, 0.717) is 18.4 Å². The second-order valence-electron chi connectivity index (χ2n) is 7.43. The lowest BCUT2D eigenvalue weighted by Crippen LogP contribution is -2.41. The van der Waals surface area contributed by atoms with E-state index in [-0.39, 0.29) is 37.4 Å². The van der Waals surface area contributed by atoms with E-state index < -0.39 is 18.1 Å². The first-order chi connectivity index (χ1) is 12.3. The molecule has 0 saturated heterocycles. The Hall–Kier alpha value is -1.85. The summed E-state index contributed by atoms with van der Waals surface area (Å²) in [5, 5.41) is 2.68. The van der Waals surface area contributed by atoms with Crippen LogP contribution >= 0.6 is 0 Å². The molecule has 2 aliphatic carbocycles. The van der Waals surface area contributed by atoms with Crippen molar-refractivity contribution < 1.29 is 22.8 Å². The van der Waals surface area contributed by atoms with Crippen molar-refractivity contribution in [2.75, 3.05) is 0 Å². The topological polar surface area (TPSA) is 46.2 Å². The highest BCUT2D eigenvalue weighted by Gasteiger charge is 2.42. The third kappa shape index (κ3) is 4.65. The summed E-state index contributed by atoms with van der Waals surface area (Å²) in [5.74, 6) is -1.77. The Kier molecular flexibility index (Phi) is 5.68. The number of amides is 1. The molecule has 0 radical (unpaired) electrons. The molecule has 1 amide bonds. The van der Waals surface area contributed by atoms with Crippen molar-refractivity contribution in [3.8, 4) is 0 Å². The number of hydrogen-bond donors (Lipinski definition) is 1. The Morgan fingerprint density at radius 1 is 1.04 bits per heavy atom. The molecule has 1 aromatic carbocycles. The van der Waals surface area contributed by atoms with Gasteiger partial charge < -0.3 is 5.32 Å². The van der Waals surface area contributed by atoms with Crippen LogP contribution in [0.4, 0.5) is 13.2 Å². The van der Waals surface area contributed by atoms with Gasteiger partial charge in [-0.3, -0.25) is 9.59 Å². The third-order valence-corrected chi connectivity index (χ3v) is 5.50. The van der Waals surface area contributed by atoms with Gasteiger partial charge in [0.15, 0.2) is 5.78 Å². The molecule has 3 rings (SSSR count). The quantitative estimate of drug-likeness (QED) is 0.786. The number of alkyl halides is 3. The number of rotatable bonds is 5. The van der Waals surface area contributed by atoms with Crippen LogP contribution in [0.2, 0.25) is 0 Å². The van der Waals surface area contributed by atoms with Crippen LogP contribution in [0, 0.1) is 5.92 Å². The molecule has 0 spiro atoms. The molecule has 0 aromatic heterocycles. The molecule has 1 aromatic rings. The maximum atomic E-state index is 12.8. The molecule has 2 aliphatic rings. The number of aryl methyl sites for hydroxylation is 2. The van der Waals surface area contributed by atoms with Gasteiger partial charge in [0.05, 0.1) is 5.92 Å². The first-order valence-electron chi connectivity index (χ1n) is 9.34. The van der Waals surface area contributed by atoms with E-state index in [2.05, 4.69) is 5.32 Å². The first-order valence-corrected chi connectivity index (χ1v) is 9.34. The summed E-state index contributed by atoms with van der Waals surface area (Å²) < 4.78 is 38.5. The second kappa shape index (κ2) is 7.80. The molecule has 2 atom stereocenters. The zero-order valence-electron chi connectivity index (χ0n) is 14.7. The lowest BCUT2D eigenvalue weighted by Gasteiger charge is -2.31. The van der Waals surface area contributed by atoms with Crippen molar-refractivity contribution in [3.63, 3.8) is 0 Å². The Labute approximate surface area is 151 Å². The van der Waals surface area contributed by atoms with Crippen molar-refractivity contribution in [1.29, 1.82) is 0 Å². The smallest absolute Gasteiger partial charge is 0.353 e. The molecule has 142 valence electrons. The molecular formula is C20H24F3NO2. The van der Waals surface area contributed by atoms with Gasteiger partial charge >= 0.3 is 6.18 Å². The predicted molar refractivity (Wildman–Crippen MR) is 92.0 cm³/mol. The van der Waals surface area contributed by atoms with Crippen LogP contribution in [-0.4, -0.2) is 23.9 Å². The van der Waals surface area contributed by atoms with Gasteiger partial charge in [0, 0.05) is 24.4 Å². The fraction of sp³-hybridized carbons (Fsp3) is 0.600. The zero-order valence-corrected chi connectivity index (χ0v) is 14.7. The van der Waals surface area contributed by atoms with E-state index >= 15 is 0 Å². The van der Waals surface area contributed by atoms with Gasteiger partial charge in [0.25, 0.3) is 0 Å². The molecule has 2 unspecified atom stereocenters. The summed E-state index contributed by atoms with van der Waals surface area (Å²) in [6.45, 7) is 0. The highest BCUT2D eigenvalue weighted by molar-refractivity contribution is 5.98. The summed E-state index contributed by atoms with van der Waals surface area (Å²) in [6.07, 6.45) is 0.137. The Bertz CT molecular complexity index is 684. The van der Waals surface area contributed by atoms with E-state index in [9.17, 15) is 22.8 Å². The van der Waals surface area contributed by atoms with E-state index in [1.165, 1.54) is 11.1 Å². The van der Waals surface area contributed by atoms with Crippen LogP contribution in [0.25, 0.3) is 0 Å². The van der Waals surface area contributed by atoms with Crippen LogP contribution < -0.4 is 5.32 Å². The van der Waals surface area contributed by atoms with E-state index in [4.69, 9.17) is 0 Å². The molecule has 1 fully saturated rings. The number of ketones is 1. The van der Waals surface area contributed by atoms with E-state index in [0.717, 1.165) is 19.3 Å². The van der Waals surface area contributed by atoms with Crippen LogP contribution in [0.15, 0.2) is 18.2 Å². The van der Waals surface area contributed by atoms with Gasteiger partial charge in [-0.2, -0.15) is 13.2 Å². The Morgan fingerprint density at radius 3 is 2.58 bits per heavy atom. The average Bonchev–Trinajstić information content (AvgIpc) is 3.07. The number of hydrogen-bond acceptors (Lipinski definition) is 2. The summed E-state index contributed by atoms with van der Waals surface area (Å²) in [4.78, 5) is 24.3. The van der Waals surface area contributed by atoms with Crippen LogP contribution in [0.1, 0.15) is 66.4 Å². The largest absolute Gasteiger partial charge is 0.391 e. The van der Waals surface area contributed by atoms with Gasteiger partial charge in [-0.15, -0.1) is 0 Å². The lowest BCUT2D eigenvalue weighted by atomic mass is 9.85. The molecule has 0 bridgehead atoms. The number of nitrogens with one attached hydrogen (secondary N) is 1. The molecule has 3 nitrogen and oxygen atoms in total. The van der Waals surface area contributed by atoms with Crippen LogP contribution in [0.3, 0.4) is 0 Å². The molecular weight excluding hydrogens is 343 g/mol. The Balaban J connectivity index is 1.47. The number of carbonyl (C=O) groups is 2. The Morgan fingerprint density at radius 2 is 1.81 bits per heavy atom. The standard InChI is InChI=1S/C20H24F3NO2/c21-20(22,23)16-5-2-6-17(12-16)24-19(26)10-9-18(25)15-8-7-13-3-1-4-14(13)11-15/h7-8,11,16-17H,1-6,9-10,12H2,(H,24,26). The number of carbonyl (C=O) groups excluding carboxylic acids is 2. The number of halogens is 3. The fourth-order valence-corrected chi connectivity index (χ4v) is 4.03. The van der Waals surface area contributed by atoms with Gasteiger partial charge in [0.2, 0.25) is 5.91 Å².